The van der Waals surface area contributed by atoms with Crippen molar-refractivity contribution in [2.45, 2.75) is 52.5 Å². The van der Waals surface area contributed by atoms with Crippen LogP contribution in [0.5, 0.6) is 0 Å². The third kappa shape index (κ3) is 4.46. The molecule has 0 radical (unpaired) electrons. The van der Waals surface area contributed by atoms with Gasteiger partial charge >= 0.3 is 0 Å². The van der Waals surface area contributed by atoms with Gasteiger partial charge < -0.3 is 11.1 Å². The van der Waals surface area contributed by atoms with Gasteiger partial charge in [0.15, 0.2) is 0 Å². The van der Waals surface area contributed by atoms with E-state index in [1.165, 1.54) is 25.7 Å². The molecule has 0 aromatic heterocycles. The van der Waals surface area contributed by atoms with E-state index in [1.807, 2.05) is 6.07 Å². The van der Waals surface area contributed by atoms with E-state index < -0.39 is 0 Å². The van der Waals surface area contributed by atoms with Gasteiger partial charge in [0.25, 0.3) is 0 Å². The summed E-state index contributed by atoms with van der Waals surface area (Å²) in [6, 6.07) is 8.68. The Hall–Kier alpha value is -0.540. The zero-order chi connectivity index (χ0) is 15.5. The van der Waals surface area contributed by atoms with Crippen molar-refractivity contribution in [2.24, 2.45) is 23.0 Å². The Bertz CT molecular complexity index is 445. The lowest BCUT2D eigenvalue weighted by Gasteiger charge is -2.39. The van der Waals surface area contributed by atoms with Crippen LogP contribution in [0, 0.1) is 17.3 Å². The van der Waals surface area contributed by atoms with Gasteiger partial charge in [-0.3, -0.25) is 0 Å². The molecule has 3 N–H and O–H groups in total. The quantitative estimate of drug-likeness (QED) is 0.796. The van der Waals surface area contributed by atoms with Gasteiger partial charge in [-0.15, -0.1) is 0 Å². The van der Waals surface area contributed by atoms with Crippen LogP contribution in [-0.4, -0.2) is 12.6 Å². The Balaban J connectivity index is 1.96. The van der Waals surface area contributed by atoms with Crippen molar-refractivity contribution in [3.05, 3.63) is 28.7 Å². The molecule has 0 amide bonds. The molecule has 0 bridgehead atoms. The van der Waals surface area contributed by atoms with E-state index in [0.717, 1.165) is 16.1 Å². The Morgan fingerprint density at radius 2 is 1.81 bits per heavy atom. The van der Waals surface area contributed by atoms with Gasteiger partial charge in [-0.25, -0.2) is 0 Å². The van der Waals surface area contributed by atoms with E-state index in [4.69, 9.17) is 5.73 Å². The molecule has 0 saturated heterocycles. The molecule has 0 heterocycles. The van der Waals surface area contributed by atoms with Gasteiger partial charge in [0.05, 0.1) is 0 Å². The Kier molecular flexibility index (Phi) is 5.73. The molecule has 1 aromatic rings. The van der Waals surface area contributed by atoms with Crippen LogP contribution >= 0.6 is 15.9 Å². The van der Waals surface area contributed by atoms with Crippen LogP contribution in [0.2, 0.25) is 0 Å². The molecule has 3 heteroatoms. The lowest BCUT2D eigenvalue weighted by Crippen LogP contribution is -2.39. The Morgan fingerprint density at radius 3 is 2.33 bits per heavy atom. The predicted molar refractivity (Wildman–Crippen MR) is 95.5 cm³/mol. The molecule has 118 valence electrons. The number of nitrogens with one attached hydrogen (secondary N) is 1. The van der Waals surface area contributed by atoms with Crippen molar-refractivity contribution in [1.29, 1.82) is 0 Å². The third-order valence-corrected chi connectivity index (χ3v) is 5.73. The Labute approximate surface area is 138 Å². The molecule has 0 aliphatic heterocycles. The number of hydrogen-bond donors (Lipinski definition) is 2. The highest BCUT2D eigenvalue weighted by molar-refractivity contribution is 9.10. The van der Waals surface area contributed by atoms with E-state index in [9.17, 15) is 0 Å². The number of halogens is 1. The van der Waals surface area contributed by atoms with Gasteiger partial charge in [0.2, 0.25) is 0 Å². The molecule has 1 atom stereocenters. The second kappa shape index (κ2) is 7.15. The average molecular weight is 353 g/mol. The molecule has 1 aromatic carbocycles. The van der Waals surface area contributed by atoms with Crippen LogP contribution in [-0.2, 0) is 0 Å². The van der Waals surface area contributed by atoms with Gasteiger partial charge in [0.1, 0.15) is 0 Å². The van der Waals surface area contributed by atoms with Crippen molar-refractivity contribution >= 4 is 21.6 Å². The van der Waals surface area contributed by atoms with Gasteiger partial charge in [-0.05, 0) is 71.0 Å². The second-order valence-electron chi connectivity index (χ2n) is 7.44. The molecule has 21 heavy (non-hydrogen) atoms. The summed E-state index contributed by atoms with van der Waals surface area (Å²) in [5.74, 6) is 1.55. The molecule has 1 saturated carbocycles. The number of hydrogen-bond acceptors (Lipinski definition) is 2. The molecule has 2 nitrogen and oxygen atoms in total. The summed E-state index contributed by atoms with van der Waals surface area (Å²) in [5.41, 5.74) is 7.65. The summed E-state index contributed by atoms with van der Waals surface area (Å²) in [4.78, 5) is 0. The maximum Gasteiger partial charge on any atom is 0.0487 e. The minimum Gasteiger partial charge on any atom is -0.380 e. The summed E-state index contributed by atoms with van der Waals surface area (Å²) < 4.78 is 1.12. The number of benzene rings is 1. The maximum atomic E-state index is 6.04. The molecule has 1 unspecified atom stereocenters. The first kappa shape index (κ1) is 16.8. The zero-order valence-electron chi connectivity index (χ0n) is 13.5. The second-order valence-corrected chi connectivity index (χ2v) is 8.30. The van der Waals surface area contributed by atoms with Gasteiger partial charge in [0, 0.05) is 22.7 Å². The minimum atomic E-state index is 0.379. The molecule has 2 rings (SSSR count). The van der Waals surface area contributed by atoms with Crippen LogP contribution in [0.4, 0.5) is 5.69 Å². The molecule has 0 spiro atoms. The minimum absolute atomic E-state index is 0.379. The number of nitrogens with two attached hydrogens (primary N) is 1. The van der Waals surface area contributed by atoms with Crippen molar-refractivity contribution in [2.75, 3.05) is 11.9 Å². The number of rotatable bonds is 4. The summed E-state index contributed by atoms with van der Waals surface area (Å²) in [6.45, 7) is 7.82. The van der Waals surface area contributed by atoms with Crippen molar-refractivity contribution in [3.8, 4) is 0 Å². The third-order valence-electron chi connectivity index (χ3n) is 5.03. The normalized spacial score (nSPS) is 24.6. The van der Waals surface area contributed by atoms with Crippen LogP contribution in [0.15, 0.2) is 28.7 Å². The first-order valence-electron chi connectivity index (χ1n) is 8.13. The van der Waals surface area contributed by atoms with Gasteiger partial charge in [-0.1, -0.05) is 32.9 Å². The fraction of sp³-hybridized carbons (Fsp3) is 0.667. The van der Waals surface area contributed by atoms with Crippen molar-refractivity contribution in [1.82, 2.24) is 0 Å². The van der Waals surface area contributed by atoms with Crippen LogP contribution < -0.4 is 11.1 Å². The largest absolute Gasteiger partial charge is 0.380 e. The lowest BCUT2D eigenvalue weighted by molar-refractivity contribution is 0.143. The molecular weight excluding hydrogens is 324 g/mol. The van der Waals surface area contributed by atoms with Crippen molar-refractivity contribution < 1.29 is 0 Å². The van der Waals surface area contributed by atoms with E-state index in [1.54, 1.807) is 0 Å². The molecule has 1 fully saturated rings. The summed E-state index contributed by atoms with van der Waals surface area (Å²) in [5, 5.41) is 3.65. The summed E-state index contributed by atoms with van der Waals surface area (Å²) in [6.07, 6.45) is 5.26. The van der Waals surface area contributed by atoms with Gasteiger partial charge in [-0.2, -0.15) is 0 Å². The highest BCUT2D eigenvalue weighted by Gasteiger charge is 2.32. The van der Waals surface area contributed by atoms with Crippen LogP contribution in [0.25, 0.3) is 0 Å². The first-order chi connectivity index (χ1) is 9.91. The van der Waals surface area contributed by atoms with Crippen LogP contribution in [0.1, 0.15) is 46.5 Å². The highest BCUT2D eigenvalue weighted by Crippen LogP contribution is 2.41. The number of para-hydroxylation sites is 1. The molecular formula is C18H29BrN2. The topological polar surface area (TPSA) is 38.0 Å². The van der Waals surface area contributed by atoms with E-state index in [-0.39, 0.29) is 0 Å². The summed E-state index contributed by atoms with van der Waals surface area (Å²) in [7, 11) is 0. The standard InChI is InChI=1S/C18H29BrN2/c1-18(2,3)14-10-8-13(9-11-14)17(12-20)21-16-7-5-4-6-15(16)19/h4-7,13-14,17,21H,8-12,20H2,1-3H3. The van der Waals surface area contributed by atoms with E-state index in [0.29, 0.717) is 23.9 Å². The molecule has 1 aliphatic rings. The summed E-state index contributed by atoms with van der Waals surface area (Å²) >= 11 is 3.61. The maximum absolute atomic E-state index is 6.04. The average Bonchev–Trinajstić information content (AvgIpc) is 2.46. The SMILES string of the molecule is CC(C)(C)C1CCC(C(CN)Nc2ccccc2Br)CC1. The zero-order valence-corrected chi connectivity index (χ0v) is 15.1. The number of anilines is 1. The van der Waals surface area contributed by atoms with Crippen molar-refractivity contribution in [3.63, 3.8) is 0 Å². The monoisotopic (exact) mass is 352 g/mol. The lowest BCUT2D eigenvalue weighted by atomic mass is 9.68. The van der Waals surface area contributed by atoms with E-state index >= 15 is 0 Å². The predicted octanol–water partition coefficient (Wildman–Crippen LogP) is 5.04. The smallest absolute Gasteiger partial charge is 0.0487 e. The highest BCUT2D eigenvalue weighted by atomic mass is 79.9. The Morgan fingerprint density at radius 1 is 1.19 bits per heavy atom. The van der Waals surface area contributed by atoms with Crippen LogP contribution in [0.3, 0.4) is 0 Å². The van der Waals surface area contributed by atoms with E-state index in [2.05, 4.69) is 60.2 Å². The molecule has 1 aliphatic carbocycles. The fourth-order valence-corrected chi connectivity index (χ4v) is 3.93. The fourth-order valence-electron chi connectivity index (χ4n) is 3.53. The first-order valence-corrected chi connectivity index (χ1v) is 8.92.